The van der Waals surface area contributed by atoms with Crippen LogP contribution in [-0.2, 0) is 11.5 Å². The topological polar surface area (TPSA) is 97.4 Å². The molecule has 33 heavy (non-hydrogen) atoms. The number of benzene rings is 2. The van der Waals surface area contributed by atoms with Crippen molar-refractivity contribution in [3.63, 3.8) is 0 Å². The largest absolute Gasteiger partial charge is 0.493 e. The SMILES string of the molecule is O=C(CSc1nc2ccccc2o1)N=Nc1c(O)n(C[NH+]2CCCCCC2)c2ccccc12. The van der Waals surface area contributed by atoms with Crippen LogP contribution in [0.5, 0.6) is 5.88 Å². The number of para-hydroxylation sites is 3. The predicted octanol–water partition coefficient (Wildman–Crippen LogP) is 4.31. The van der Waals surface area contributed by atoms with Crippen LogP contribution in [0.1, 0.15) is 25.7 Å². The molecule has 170 valence electrons. The second-order valence-electron chi connectivity index (χ2n) is 8.27. The Morgan fingerprint density at radius 2 is 1.85 bits per heavy atom. The van der Waals surface area contributed by atoms with Gasteiger partial charge in [0.1, 0.15) is 5.52 Å². The number of thioether (sulfide) groups is 1. The monoisotopic (exact) mass is 464 g/mol. The number of azo groups is 1. The summed E-state index contributed by atoms with van der Waals surface area (Å²) >= 11 is 1.18. The fraction of sp³-hybridized carbons (Fsp3) is 0.333. The van der Waals surface area contributed by atoms with Crippen molar-refractivity contribution in [3.05, 3.63) is 48.5 Å². The average Bonchev–Trinajstić information content (AvgIpc) is 3.24. The number of nitrogens with zero attached hydrogens (tertiary/aromatic N) is 4. The van der Waals surface area contributed by atoms with E-state index in [1.807, 2.05) is 53.1 Å². The number of aromatic hydroxyl groups is 1. The van der Waals surface area contributed by atoms with Gasteiger partial charge in [0.2, 0.25) is 5.88 Å². The molecule has 1 fully saturated rings. The van der Waals surface area contributed by atoms with Gasteiger partial charge < -0.3 is 14.4 Å². The quantitative estimate of drug-likeness (QED) is 0.327. The van der Waals surface area contributed by atoms with Crippen molar-refractivity contribution in [1.29, 1.82) is 0 Å². The number of nitrogens with one attached hydrogen (secondary N) is 1. The Morgan fingerprint density at radius 1 is 1.09 bits per heavy atom. The van der Waals surface area contributed by atoms with Gasteiger partial charge in [0, 0.05) is 5.39 Å². The summed E-state index contributed by atoms with van der Waals surface area (Å²) in [5, 5.41) is 20.2. The molecule has 1 saturated heterocycles. The third kappa shape index (κ3) is 4.79. The third-order valence-corrected chi connectivity index (χ3v) is 6.78. The minimum atomic E-state index is -0.420. The van der Waals surface area contributed by atoms with Crippen LogP contribution in [0.4, 0.5) is 5.69 Å². The summed E-state index contributed by atoms with van der Waals surface area (Å²) in [7, 11) is 0. The third-order valence-electron chi connectivity index (χ3n) is 5.96. The molecular weight excluding hydrogens is 438 g/mol. The first kappa shape index (κ1) is 21.7. The Hall–Kier alpha value is -3.17. The van der Waals surface area contributed by atoms with Crippen molar-refractivity contribution < 1.29 is 19.2 Å². The van der Waals surface area contributed by atoms with Gasteiger partial charge in [0.15, 0.2) is 17.9 Å². The highest BCUT2D eigenvalue weighted by Gasteiger charge is 2.21. The Bertz CT molecular complexity index is 1270. The summed E-state index contributed by atoms with van der Waals surface area (Å²) in [6.07, 6.45) is 4.94. The first-order valence-electron chi connectivity index (χ1n) is 11.3. The summed E-state index contributed by atoms with van der Waals surface area (Å²) in [4.78, 5) is 18.2. The van der Waals surface area contributed by atoms with Crippen LogP contribution < -0.4 is 4.90 Å². The van der Waals surface area contributed by atoms with Gasteiger partial charge in [-0.15, -0.1) is 10.2 Å². The van der Waals surface area contributed by atoms with Crippen molar-refractivity contribution in [1.82, 2.24) is 9.55 Å². The number of carbonyl (C=O) groups excluding carboxylic acids is 1. The van der Waals surface area contributed by atoms with Gasteiger partial charge in [-0.2, -0.15) is 0 Å². The van der Waals surface area contributed by atoms with Crippen LogP contribution in [0.15, 0.2) is 68.4 Å². The molecule has 2 N–H and O–H groups in total. The molecule has 2 aromatic carbocycles. The molecule has 0 saturated carbocycles. The van der Waals surface area contributed by atoms with E-state index >= 15 is 0 Å². The number of aromatic nitrogens is 2. The molecule has 9 heteroatoms. The number of quaternary nitrogens is 1. The fourth-order valence-electron chi connectivity index (χ4n) is 4.31. The molecular formula is C24H26N5O3S+. The molecule has 2 aromatic heterocycles. The number of rotatable bonds is 6. The van der Waals surface area contributed by atoms with Crippen molar-refractivity contribution >= 4 is 45.4 Å². The van der Waals surface area contributed by atoms with Gasteiger partial charge in [-0.3, -0.25) is 9.36 Å². The van der Waals surface area contributed by atoms with Gasteiger partial charge in [0.25, 0.3) is 11.1 Å². The highest BCUT2D eigenvalue weighted by molar-refractivity contribution is 7.99. The minimum absolute atomic E-state index is 0.0493. The average molecular weight is 465 g/mol. The lowest BCUT2D eigenvalue weighted by molar-refractivity contribution is -0.921. The molecule has 4 aromatic rings. The molecule has 1 aliphatic heterocycles. The molecule has 0 radical (unpaired) electrons. The number of hydrogen-bond donors (Lipinski definition) is 2. The number of likely N-dealkylation sites (tertiary alicyclic amines) is 1. The van der Waals surface area contributed by atoms with Crippen LogP contribution in [0, 0.1) is 0 Å². The highest BCUT2D eigenvalue weighted by atomic mass is 32.2. The predicted molar refractivity (Wildman–Crippen MR) is 127 cm³/mol. The molecule has 1 amide bonds. The van der Waals surface area contributed by atoms with E-state index in [0.29, 0.717) is 23.2 Å². The zero-order valence-corrected chi connectivity index (χ0v) is 19.1. The molecule has 8 nitrogen and oxygen atoms in total. The zero-order valence-electron chi connectivity index (χ0n) is 18.2. The minimum Gasteiger partial charge on any atom is -0.493 e. The molecule has 0 atom stereocenters. The van der Waals surface area contributed by atoms with E-state index in [1.165, 1.54) is 42.3 Å². The maximum Gasteiger partial charge on any atom is 0.275 e. The molecule has 0 bridgehead atoms. The number of oxazole rings is 1. The van der Waals surface area contributed by atoms with Gasteiger partial charge in [-0.05, 0) is 43.9 Å². The Kier molecular flexibility index (Phi) is 6.41. The van der Waals surface area contributed by atoms with Crippen molar-refractivity contribution in [2.75, 3.05) is 18.8 Å². The summed E-state index contributed by atoms with van der Waals surface area (Å²) in [6.45, 7) is 2.85. The van der Waals surface area contributed by atoms with Gasteiger partial charge in [-0.1, -0.05) is 42.1 Å². The molecule has 0 spiro atoms. The van der Waals surface area contributed by atoms with E-state index in [9.17, 15) is 9.90 Å². The molecule has 1 aliphatic rings. The summed E-state index contributed by atoms with van der Waals surface area (Å²) < 4.78 is 7.51. The Balaban J connectivity index is 1.32. The molecule has 3 heterocycles. The highest BCUT2D eigenvalue weighted by Crippen LogP contribution is 2.38. The van der Waals surface area contributed by atoms with E-state index < -0.39 is 5.91 Å². The van der Waals surface area contributed by atoms with E-state index in [4.69, 9.17) is 4.42 Å². The van der Waals surface area contributed by atoms with Gasteiger partial charge >= 0.3 is 0 Å². The molecule has 5 rings (SSSR count). The summed E-state index contributed by atoms with van der Waals surface area (Å²) in [5.41, 5.74) is 2.66. The van der Waals surface area contributed by atoms with Crippen LogP contribution in [-0.4, -0.2) is 39.4 Å². The van der Waals surface area contributed by atoms with Crippen LogP contribution in [0.3, 0.4) is 0 Å². The lowest BCUT2D eigenvalue weighted by Crippen LogP contribution is -3.11. The van der Waals surface area contributed by atoms with Crippen molar-refractivity contribution in [2.45, 2.75) is 37.6 Å². The normalized spacial score (nSPS) is 15.5. The number of amides is 1. The van der Waals surface area contributed by atoms with Crippen LogP contribution >= 0.6 is 11.8 Å². The first-order valence-corrected chi connectivity index (χ1v) is 12.2. The second-order valence-corrected chi connectivity index (χ2v) is 9.20. The van der Waals surface area contributed by atoms with Crippen LogP contribution in [0.2, 0.25) is 0 Å². The maximum atomic E-state index is 12.4. The summed E-state index contributed by atoms with van der Waals surface area (Å²) in [6, 6.07) is 15.2. The zero-order chi connectivity index (χ0) is 22.6. The second kappa shape index (κ2) is 9.76. The summed E-state index contributed by atoms with van der Waals surface area (Å²) in [5.74, 6) is -0.319. The molecule has 0 unspecified atom stereocenters. The smallest absolute Gasteiger partial charge is 0.275 e. The van der Waals surface area contributed by atoms with E-state index in [0.717, 1.165) is 29.5 Å². The van der Waals surface area contributed by atoms with Crippen LogP contribution in [0.25, 0.3) is 22.0 Å². The van der Waals surface area contributed by atoms with Crippen molar-refractivity contribution in [3.8, 4) is 5.88 Å². The number of fused-ring (bicyclic) bond motifs is 2. The van der Waals surface area contributed by atoms with E-state index in [-0.39, 0.29) is 11.6 Å². The van der Waals surface area contributed by atoms with Gasteiger partial charge in [0.05, 0.1) is 24.4 Å². The van der Waals surface area contributed by atoms with Gasteiger partial charge in [-0.25, -0.2) is 4.98 Å². The van der Waals surface area contributed by atoms with Crippen molar-refractivity contribution in [2.24, 2.45) is 10.2 Å². The maximum absolute atomic E-state index is 12.4. The van der Waals surface area contributed by atoms with E-state index in [2.05, 4.69) is 15.2 Å². The standard InChI is InChI=1S/C24H25N5O3S/c30-21(15-33-24-25-18-10-4-6-12-20(18)32-24)26-27-22-17-9-3-5-11-19(17)29(23(22)31)16-28-13-7-1-2-8-14-28/h3-6,9-12,31H,1-2,7-8,13-16H2/p+1. The van der Waals surface area contributed by atoms with E-state index in [1.54, 1.807) is 0 Å². The first-order chi connectivity index (χ1) is 16.2. The number of carbonyl (C=O) groups is 1. The lowest BCUT2D eigenvalue weighted by Gasteiger charge is -2.18. The fourth-order valence-corrected chi connectivity index (χ4v) is 4.93. The number of hydrogen-bond acceptors (Lipinski definition) is 6. The Labute approximate surface area is 195 Å². The Morgan fingerprint density at radius 3 is 2.67 bits per heavy atom. The lowest BCUT2D eigenvalue weighted by atomic mass is 10.2. The molecule has 0 aliphatic carbocycles.